The quantitative estimate of drug-likeness (QED) is 0.375. The fourth-order valence-electron chi connectivity index (χ4n) is 2.44. The largest absolute Gasteiger partial charge is 0.451 e. The summed E-state index contributed by atoms with van der Waals surface area (Å²) in [6.07, 6.45) is 1.51. The highest BCUT2D eigenvalue weighted by Gasteiger charge is 2.14. The van der Waals surface area contributed by atoms with E-state index in [4.69, 9.17) is 4.42 Å². The van der Waals surface area contributed by atoms with Gasteiger partial charge >= 0.3 is 5.91 Å². The van der Waals surface area contributed by atoms with Crippen LogP contribution in [0, 0.1) is 10.1 Å². The van der Waals surface area contributed by atoms with Crippen LogP contribution in [-0.2, 0) is 0 Å². The third kappa shape index (κ3) is 4.14. The topological polar surface area (TPSA) is 101 Å². The summed E-state index contributed by atoms with van der Waals surface area (Å²) in [4.78, 5) is 24.4. The van der Waals surface area contributed by atoms with Crippen LogP contribution in [0.4, 0.5) is 11.4 Å². The molecule has 1 heterocycles. The Morgan fingerprint density at radius 2 is 2.04 bits per heavy atom. The predicted molar refractivity (Wildman–Crippen MR) is 106 cm³/mol. The summed E-state index contributed by atoms with van der Waals surface area (Å²) in [7, 11) is 3.88. The van der Waals surface area contributed by atoms with Gasteiger partial charge in [0.2, 0.25) is 0 Å². The molecule has 0 spiro atoms. The number of halogens is 1. The standard InChI is InChI=1S/C18H15BrN4O4/c1-22(2)15-5-3-11(7-14(15)19)10-20-21-18(24)17-9-12-8-13(23(25)26)4-6-16(12)27-17/h3-10H,1-2H3,(H,21,24)/b20-10+. The van der Waals surface area contributed by atoms with E-state index in [1.54, 1.807) is 0 Å². The summed E-state index contributed by atoms with van der Waals surface area (Å²) in [5.74, 6) is -0.527. The number of fused-ring (bicyclic) bond motifs is 1. The number of carbonyl (C=O) groups is 1. The van der Waals surface area contributed by atoms with E-state index in [2.05, 4.69) is 26.5 Å². The van der Waals surface area contributed by atoms with Gasteiger partial charge in [0.05, 0.1) is 16.8 Å². The first-order valence-electron chi connectivity index (χ1n) is 7.83. The van der Waals surface area contributed by atoms with Crippen LogP contribution in [0.3, 0.4) is 0 Å². The van der Waals surface area contributed by atoms with Crippen LogP contribution in [0.5, 0.6) is 0 Å². The molecule has 27 heavy (non-hydrogen) atoms. The van der Waals surface area contributed by atoms with Crippen LogP contribution < -0.4 is 10.3 Å². The highest BCUT2D eigenvalue weighted by molar-refractivity contribution is 9.10. The number of amides is 1. The Kier molecular flexibility index (Phi) is 5.22. The maximum absolute atomic E-state index is 12.2. The van der Waals surface area contributed by atoms with Gasteiger partial charge in [-0.15, -0.1) is 0 Å². The van der Waals surface area contributed by atoms with Crippen molar-refractivity contribution in [3.05, 3.63) is 68.4 Å². The molecule has 3 rings (SSSR count). The molecule has 0 aliphatic rings. The lowest BCUT2D eigenvalue weighted by Gasteiger charge is -2.14. The molecule has 0 fully saturated rings. The fourth-order valence-corrected chi connectivity index (χ4v) is 3.19. The van der Waals surface area contributed by atoms with Crippen LogP contribution in [0.25, 0.3) is 11.0 Å². The molecule has 0 bridgehead atoms. The van der Waals surface area contributed by atoms with Gasteiger partial charge in [0, 0.05) is 36.1 Å². The minimum Gasteiger partial charge on any atom is -0.451 e. The van der Waals surface area contributed by atoms with E-state index in [-0.39, 0.29) is 11.4 Å². The molecule has 3 aromatic rings. The lowest BCUT2D eigenvalue weighted by Crippen LogP contribution is -2.16. The van der Waals surface area contributed by atoms with Gasteiger partial charge in [0.15, 0.2) is 5.76 Å². The zero-order chi connectivity index (χ0) is 19.6. The number of nitro groups is 1. The van der Waals surface area contributed by atoms with E-state index in [1.165, 1.54) is 30.5 Å². The Hall–Kier alpha value is -3.20. The SMILES string of the molecule is CN(C)c1ccc(/C=N/NC(=O)c2cc3cc([N+](=O)[O-])ccc3o2)cc1Br. The van der Waals surface area contributed by atoms with Crippen molar-refractivity contribution in [2.75, 3.05) is 19.0 Å². The van der Waals surface area contributed by atoms with E-state index in [0.29, 0.717) is 11.0 Å². The molecule has 0 aliphatic heterocycles. The number of carbonyl (C=O) groups excluding carboxylic acids is 1. The Labute approximate surface area is 162 Å². The van der Waals surface area contributed by atoms with E-state index < -0.39 is 10.8 Å². The van der Waals surface area contributed by atoms with Crippen LogP contribution in [0.2, 0.25) is 0 Å². The molecule has 0 aliphatic carbocycles. The second-order valence-electron chi connectivity index (χ2n) is 5.89. The number of rotatable bonds is 5. The Morgan fingerprint density at radius 3 is 2.70 bits per heavy atom. The monoisotopic (exact) mass is 430 g/mol. The smallest absolute Gasteiger partial charge is 0.307 e. The van der Waals surface area contributed by atoms with Crippen LogP contribution in [0.1, 0.15) is 16.1 Å². The normalized spacial score (nSPS) is 11.1. The number of furan rings is 1. The third-order valence-electron chi connectivity index (χ3n) is 3.77. The number of hydrogen-bond donors (Lipinski definition) is 1. The van der Waals surface area contributed by atoms with Crippen molar-refractivity contribution < 1.29 is 14.1 Å². The number of nitrogens with zero attached hydrogens (tertiary/aromatic N) is 3. The Morgan fingerprint density at radius 1 is 1.26 bits per heavy atom. The molecule has 0 radical (unpaired) electrons. The Balaban J connectivity index is 1.72. The van der Waals surface area contributed by atoms with Crippen molar-refractivity contribution in [3.8, 4) is 0 Å². The van der Waals surface area contributed by atoms with Gasteiger partial charge in [0.1, 0.15) is 5.58 Å². The van der Waals surface area contributed by atoms with Crippen molar-refractivity contribution in [2.24, 2.45) is 5.10 Å². The molecule has 8 nitrogen and oxygen atoms in total. The van der Waals surface area contributed by atoms with Crippen molar-refractivity contribution in [3.63, 3.8) is 0 Å². The van der Waals surface area contributed by atoms with Crippen LogP contribution in [-0.4, -0.2) is 31.1 Å². The van der Waals surface area contributed by atoms with Crippen molar-refractivity contribution in [1.82, 2.24) is 5.43 Å². The van der Waals surface area contributed by atoms with E-state index >= 15 is 0 Å². The van der Waals surface area contributed by atoms with Gasteiger partial charge in [-0.25, -0.2) is 5.43 Å². The molecule has 0 saturated carbocycles. The number of benzene rings is 2. The van der Waals surface area contributed by atoms with Gasteiger partial charge in [0.25, 0.3) is 5.69 Å². The van der Waals surface area contributed by atoms with E-state index in [9.17, 15) is 14.9 Å². The van der Waals surface area contributed by atoms with E-state index in [1.807, 2.05) is 37.2 Å². The third-order valence-corrected chi connectivity index (χ3v) is 4.40. The molecule has 1 N–H and O–H groups in total. The molecular weight excluding hydrogens is 416 g/mol. The maximum Gasteiger partial charge on any atom is 0.307 e. The van der Waals surface area contributed by atoms with Gasteiger partial charge in [-0.3, -0.25) is 14.9 Å². The summed E-state index contributed by atoms with van der Waals surface area (Å²) in [6.45, 7) is 0. The van der Waals surface area contributed by atoms with Crippen molar-refractivity contribution >= 4 is 50.4 Å². The van der Waals surface area contributed by atoms with Gasteiger partial charge in [-0.1, -0.05) is 6.07 Å². The van der Waals surface area contributed by atoms with Crippen molar-refractivity contribution in [2.45, 2.75) is 0 Å². The summed E-state index contributed by atoms with van der Waals surface area (Å²) < 4.78 is 6.31. The van der Waals surface area contributed by atoms with Crippen LogP contribution in [0.15, 0.2) is 56.5 Å². The highest BCUT2D eigenvalue weighted by atomic mass is 79.9. The molecule has 0 saturated heterocycles. The fraction of sp³-hybridized carbons (Fsp3) is 0.111. The molecule has 138 valence electrons. The molecule has 0 unspecified atom stereocenters. The first kappa shape index (κ1) is 18.6. The summed E-state index contributed by atoms with van der Waals surface area (Å²) >= 11 is 3.49. The van der Waals surface area contributed by atoms with Crippen molar-refractivity contribution in [1.29, 1.82) is 0 Å². The average molecular weight is 431 g/mol. The minimum atomic E-state index is -0.547. The van der Waals surface area contributed by atoms with Gasteiger partial charge in [-0.05, 0) is 45.8 Å². The number of nitro benzene ring substituents is 1. The number of nitrogens with one attached hydrogen (secondary N) is 1. The molecule has 2 aromatic carbocycles. The number of hydrazone groups is 1. The lowest BCUT2D eigenvalue weighted by atomic mass is 10.2. The molecule has 1 aromatic heterocycles. The average Bonchev–Trinajstić information content (AvgIpc) is 3.04. The zero-order valence-corrected chi connectivity index (χ0v) is 16.1. The minimum absolute atomic E-state index is 0.0202. The summed E-state index contributed by atoms with van der Waals surface area (Å²) in [5.41, 5.74) is 4.52. The molecule has 9 heteroatoms. The van der Waals surface area contributed by atoms with Gasteiger partial charge < -0.3 is 9.32 Å². The molecular formula is C18H15BrN4O4. The second kappa shape index (κ2) is 7.58. The summed E-state index contributed by atoms with van der Waals surface area (Å²) in [5, 5.41) is 15.2. The molecule has 1 amide bonds. The predicted octanol–water partition coefficient (Wildman–Crippen LogP) is 3.93. The first-order chi connectivity index (χ1) is 12.8. The first-order valence-corrected chi connectivity index (χ1v) is 8.63. The number of hydrogen-bond acceptors (Lipinski definition) is 6. The zero-order valence-electron chi connectivity index (χ0n) is 14.5. The van der Waals surface area contributed by atoms with Crippen LogP contribution >= 0.6 is 15.9 Å². The molecule has 0 atom stereocenters. The lowest BCUT2D eigenvalue weighted by molar-refractivity contribution is -0.384. The number of non-ortho nitro benzene ring substituents is 1. The Bertz CT molecular complexity index is 1060. The second-order valence-corrected chi connectivity index (χ2v) is 6.75. The highest BCUT2D eigenvalue weighted by Crippen LogP contribution is 2.25. The number of anilines is 1. The maximum atomic E-state index is 12.2. The summed E-state index contributed by atoms with van der Waals surface area (Å²) in [6, 6.07) is 11.2. The van der Waals surface area contributed by atoms with Gasteiger partial charge in [-0.2, -0.15) is 5.10 Å². The van der Waals surface area contributed by atoms with E-state index in [0.717, 1.165) is 15.7 Å².